The van der Waals surface area contributed by atoms with E-state index in [4.69, 9.17) is 0 Å². The Hall–Kier alpha value is 0.734. The van der Waals surface area contributed by atoms with Crippen molar-refractivity contribution < 1.29 is 37.8 Å². The van der Waals surface area contributed by atoms with Gasteiger partial charge in [-0.1, -0.05) is 20.8 Å². The zero-order valence-electron chi connectivity index (χ0n) is 8.76. The molecule has 0 heterocycles. The topological polar surface area (TPSA) is 32.6 Å². The van der Waals surface area contributed by atoms with Gasteiger partial charge in [-0.25, -0.2) is 0 Å². The van der Waals surface area contributed by atoms with Gasteiger partial charge in [0, 0.05) is 45.5 Å². The van der Waals surface area contributed by atoms with Crippen LogP contribution in [-0.2, 0) is 32.7 Å². The smallest absolute Gasteiger partial charge is 0.104 e. The van der Waals surface area contributed by atoms with E-state index in [1.54, 1.807) is 7.05 Å². The fourth-order valence-corrected chi connectivity index (χ4v) is 1.28. The van der Waals surface area contributed by atoms with Crippen molar-refractivity contribution >= 4 is 5.71 Å². The van der Waals surface area contributed by atoms with Crippen molar-refractivity contribution in [3.8, 4) is 0 Å². The maximum Gasteiger partial charge on any atom is 0.104 e. The van der Waals surface area contributed by atoms with Gasteiger partial charge in [-0.3, -0.25) is 4.99 Å². The maximum absolute atomic E-state index is 10.0. The Labute approximate surface area is 101 Å². The molecule has 0 bridgehead atoms. The van der Waals surface area contributed by atoms with E-state index in [0.29, 0.717) is 0 Å². The van der Waals surface area contributed by atoms with Crippen molar-refractivity contribution in [2.24, 2.45) is 10.9 Å². The van der Waals surface area contributed by atoms with Crippen LogP contribution in [0.3, 0.4) is 0 Å². The third-order valence-corrected chi connectivity index (χ3v) is 2.46. The number of aliphatic imine (C=N–C) groups is 1. The Kier molecular flexibility index (Phi) is 7.90. The predicted octanol–water partition coefficient (Wildman–Crippen LogP) is 1.87. The Morgan fingerprint density at radius 3 is 2.00 bits per heavy atom. The Balaban J connectivity index is 0. The molecule has 1 N–H and O–H groups in total. The summed E-state index contributed by atoms with van der Waals surface area (Å²) < 4.78 is 0. The largest absolute Gasteiger partial charge is 0.384 e. The van der Waals surface area contributed by atoms with E-state index in [9.17, 15) is 5.11 Å². The Bertz CT molecular complexity index is 157. The minimum Gasteiger partial charge on any atom is -0.384 e. The second-order valence-electron chi connectivity index (χ2n) is 3.24. The molecular weight excluding hydrogens is 227 g/mol. The van der Waals surface area contributed by atoms with Crippen LogP contribution in [0.4, 0.5) is 0 Å². The van der Waals surface area contributed by atoms with Gasteiger partial charge in [0.2, 0.25) is 0 Å². The van der Waals surface area contributed by atoms with Crippen LogP contribution in [0.25, 0.3) is 0 Å². The summed E-state index contributed by atoms with van der Waals surface area (Å²) in [5.41, 5.74) is 0.129. The van der Waals surface area contributed by atoms with E-state index < -0.39 is 5.60 Å². The number of hydrogen-bond donors (Lipinski definition) is 1. The SMILES string of the molecule is CCC(O)(C(C)=NC)C(C)C.[Y]. The van der Waals surface area contributed by atoms with Crippen LogP contribution in [0.15, 0.2) is 4.99 Å². The molecule has 0 aliphatic heterocycles. The minimum atomic E-state index is -0.700. The minimum absolute atomic E-state index is 0. The summed E-state index contributed by atoms with van der Waals surface area (Å²) in [5.74, 6) is 0.233. The first-order chi connectivity index (χ1) is 4.99. The van der Waals surface area contributed by atoms with Gasteiger partial charge in [-0.05, 0) is 19.3 Å². The molecule has 0 spiro atoms. The molecule has 0 aromatic carbocycles. The van der Waals surface area contributed by atoms with Crippen LogP contribution in [-0.4, -0.2) is 23.5 Å². The van der Waals surface area contributed by atoms with Crippen LogP contribution < -0.4 is 0 Å². The summed E-state index contributed by atoms with van der Waals surface area (Å²) in [6.45, 7) is 7.88. The molecule has 12 heavy (non-hydrogen) atoms. The van der Waals surface area contributed by atoms with Gasteiger partial charge in [0.25, 0.3) is 0 Å². The summed E-state index contributed by atoms with van der Waals surface area (Å²) in [4.78, 5) is 4.02. The van der Waals surface area contributed by atoms with Crippen LogP contribution in [0.2, 0.25) is 0 Å². The van der Waals surface area contributed by atoms with E-state index in [1.807, 2.05) is 27.7 Å². The molecule has 0 aromatic heterocycles. The van der Waals surface area contributed by atoms with E-state index in [0.717, 1.165) is 12.1 Å². The third-order valence-electron chi connectivity index (χ3n) is 2.46. The van der Waals surface area contributed by atoms with Gasteiger partial charge in [0.05, 0.1) is 0 Å². The van der Waals surface area contributed by atoms with Gasteiger partial charge in [0.1, 0.15) is 5.60 Å². The molecule has 69 valence electrons. The van der Waals surface area contributed by atoms with Crippen LogP contribution in [0.1, 0.15) is 34.1 Å². The van der Waals surface area contributed by atoms with Crippen molar-refractivity contribution in [1.82, 2.24) is 0 Å². The summed E-state index contributed by atoms with van der Waals surface area (Å²) in [7, 11) is 1.72. The molecule has 0 amide bonds. The zero-order valence-corrected chi connectivity index (χ0v) is 11.6. The van der Waals surface area contributed by atoms with E-state index in [-0.39, 0.29) is 38.6 Å². The quantitative estimate of drug-likeness (QED) is 0.757. The Morgan fingerprint density at radius 2 is 1.92 bits per heavy atom. The number of hydrogen-bond acceptors (Lipinski definition) is 2. The van der Waals surface area contributed by atoms with Crippen LogP contribution in [0, 0.1) is 5.92 Å². The monoisotopic (exact) mass is 246 g/mol. The van der Waals surface area contributed by atoms with Crippen molar-refractivity contribution in [2.45, 2.75) is 39.7 Å². The number of nitrogens with zero attached hydrogens (tertiary/aromatic N) is 1. The van der Waals surface area contributed by atoms with Gasteiger partial charge < -0.3 is 5.11 Å². The van der Waals surface area contributed by atoms with Crippen molar-refractivity contribution in [2.75, 3.05) is 7.05 Å². The third kappa shape index (κ3) is 3.23. The summed E-state index contributed by atoms with van der Waals surface area (Å²) in [5, 5.41) is 10.0. The molecule has 3 heteroatoms. The maximum atomic E-state index is 10.0. The van der Waals surface area contributed by atoms with Gasteiger partial charge in [-0.2, -0.15) is 0 Å². The first-order valence-corrected chi connectivity index (χ1v) is 4.15. The molecule has 0 saturated carbocycles. The average Bonchev–Trinajstić information content (AvgIpc) is 2.01. The number of aliphatic hydroxyl groups is 1. The first kappa shape index (κ1) is 15.2. The summed E-state index contributed by atoms with van der Waals surface area (Å²) in [6.07, 6.45) is 0.730. The molecule has 0 aliphatic carbocycles. The van der Waals surface area contributed by atoms with Crippen molar-refractivity contribution in [3.63, 3.8) is 0 Å². The van der Waals surface area contributed by atoms with E-state index in [2.05, 4.69) is 4.99 Å². The standard InChI is InChI=1S/C9H19NO.Y/c1-6-9(11,7(2)3)8(4)10-5;/h7,11H,6H2,1-5H3;. The second kappa shape index (κ2) is 6.23. The molecule has 0 aliphatic rings. The average molecular weight is 246 g/mol. The van der Waals surface area contributed by atoms with Gasteiger partial charge in [-0.15, -0.1) is 0 Å². The molecular formula is C9H19NOY. The fourth-order valence-electron chi connectivity index (χ4n) is 1.28. The molecule has 1 atom stereocenters. The van der Waals surface area contributed by atoms with E-state index in [1.165, 1.54) is 0 Å². The Morgan fingerprint density at radius 1 is 1.50 bits per heavy atom. The normalized spacial score (nSPS) is 17.1. The number of rotatable bonds is 3. The molecule has 2 nitrogen and oxygen atoms in total. The van der Waals surface area contributed by atoms with E-state index >= 15 is 0 Å². The molecule has 0 aromatic rings. The molecule has 1 unspecified atom stereocenters. The summed E-state index contributed by atoms with van der Waals surface area (Å²) in [6, 6.07) is 0. The molecule has 0 rings (SSSR count). The molecule has 1 radical (unpaired) electrons. The predicted molar refractivity (Wildman–Crippen MR) is 49.1 cm³/mol. The van der Waals surface area contributed by atoms with Crippen LogP contribution in [0.5, 0.6) is 0 Å². The first-order valence-electron chi connectivity index (χ1n) is 4.15. The van der Waals surface area contributed by atoms with Gasteiger partial charge in [0.15, 0.2) is 0 Å². The zero-order chi connectivity index (χ0) is 9.07. The van der Waals surface area contributed by atoms with Crippen LogP contribution >= 0.6 is 0 Å². The molecule has 0 saturated heterocycles. The summed E-state index contributed by atoms with van der Waals surface area (Å²) >= 11 is 0. The van der Waals surface area contributed by atoms with Crippen molar-refractivity contribution in [3.05, 3.63) is 0 Å². The molecule has 0 fully saturated rings. The fraction of sp³-hybridized carbons (Fsp3) is 0.889. The van der Waals surface area contributed by atoms with Gasteiger partial charge >= 0.3 is 0 Å². The second-order valence-corrected chi connectivity index (χ2v) is 3.24. The van der Waals surface area contributed by atoms with Crippen molar-refractivity contribution in [1.29, 1.82) is 0 Å².